The van der Waals surface area contributed by atoms with Gasteiger partial charge in [0.1, 0.15) is 4.88 Å². The maximum absolute atomic E-state index is 12.6. The predicted octanol–water partition coefficient (Wildman–Crippen LogP) is 2.55. The monoisotopic (exact) mass is 379 g/mol. The van der Waals surface area contributed by atoms with Crippen molar-refractivity contribution in [3.05, 3.63) is 64.5 Å². The van der Waals surface area contributed by atoms with Crippen molar-refractivity contribution in [3.8, 4) is 0 Å². The molecule has 2 rings (SSSR count). The van der Waals surface area contributed by atoms with Gasteiger partial charge in [-0.15, -0.1) is 11.3 Å². The van der Waals surface area contributed by atoms with Crippen molar-refractivity contribution >= 4 is 38.6 Å². The van der Waals surface area contributed by atoms with Gasteiger partial charge in [0.25, 0.3) is 10.0 Å². The molecule has 0 saturated carbocycles. The fraction of sp³-hybridized carbons (Fsp3) is 0.0625. The molecule has 25 heavy (non-hydrogen) atoms. The summed E-state index contributed by atoms with van der Waals surface area (Å²) in [5.74, 6) is 4.01. The van der Waals surface area contributed by atoms with Crippen LogP contribution in [-0.4, -0.2) is 19.5 Å². The van der Waals surface area contributed by atoms with E-state index in [1.807, 2.05) is 0 Å². The Balaban J connectivity index is 2.50. The fourth-order valence-corrected chi connectivity index (χ4v) is 4.48. The van der Waals surface area contributed by atoms with Crippen molar-refractivity contribution < 1.29 is 18.3 Å². The van der Waals surface area contributed by atoms with Crippen molar-refractivity contribution in [2.75, 3.05) is 4.72 Å². The van der Waals surface area contributed by atoms with E-state index in [1.54, 1.807) is 25.1 Å². The average Bonchev–Trinajstić information content (AvgIpc) is 2.96. The number of nitrogens with one attached hydrogen (secondary N) is 2. The van der Waals surface area contributed by atoms with E-state index < -0.39 is 16.0 Å². The fourth-order valence-electron chi connectivity index (χ4n) is 2.15. The van der Waals surface area contributed by atoms with Gasteiger partial charge >= 0.3 is 5.97 Å². The van der Waals surface area contributed by atoms with Crippen molar-refractivity contribution in [1.82, 2.24) is 5.43 Å². The van der Waals surface area contributed by atoms with E-state index >= 15 is 0 Å². The zero-order chi connectivity index (χ0) is 18.6. The van der Waals surface area contributed by atoms with Crippen LogP contribution < -0.4 is 16.0 Å². The third-order valence-corrected chi connectivity index (χ3v) is 5.99. The molecule has 2 aromatic rings. The summed E-state index contributed by atoms with van der Waals surface area (Å²) >= 11 is 0.919. The van der Waals surface area contributed by atoms with Crippen LogP contribution >= 0.6 is 11.3 Å². The standard InChI is InChI=1S/C16H17N3O4S2/c1-3-11(9-18-17)13-8-12(15(24-13)16(20)21)19-25(22,23)14-7-5-4-6-10(14)2/h3-9,18-19H,1,17H2,2H3,(H,20,21)/b11-9+. The summed E-state index contributed by atoms with van der Waals surface area (Å²) in [7, 11) is -3.92. The molecule has 1 heterocycles. The number of carboxylic acids is 1. The Bertz CT molecular complexity index is 946. The topological polar surface area (TPSA) is 122 Å². The quantitative estimate of drug-likeness (QED) is 0.333. The zero-order valence-corrected chi connectivity index (χ0v) is 14.9. The summed E-state index contributed by atoms with van der Waals surface area (Å²) in [5, 5.41) is 9.38. The summed E-state index contributed by atoms with van der Waals surface area (Å²) in [4.78, 5) is 11.9. The molecule has 0 bridgehead atoms. The molecule has 0 fully saturated rings. The van der Waals surface area contributed by atoms with E-state index in [9.17, 15) is 18.3 Å². The van der Waals surface area contributed by atoms with Gasteiger partial charge in [0.15, 0.2) is 0 Å². The van der Waals surface area contributed by atoms with Gasteiger partial charge in [0, 0.05) is 16.7 Å². The molecule has 0 amide bonds. The van der Waals surface area contributed by atoms with Crippen LogP contribution in [0, 0.1) is 6.92 Å². The number of nitrogens with two attached hydrogens (primary N) is 1. The lowest BCUT2D eigenvalue weighted by Crippen LogP contribution is -2.15. The Labute approximate surface area is 149 Å². The van der Waals surface area contributed by atoms with Gasteiger partial charge < -0.3 is 10.5 Å². The predicted molar refractivity (Wildman–Crippen MR) is 98.8 cm³/mol. The molecule has 0 atom stereocenters. The average molecular weight is 379 g/mol. The van der Waals surface area contributed by atoms with Crippen LogP contribution in [0.4, 0.5) is 5.69 Å². The van der Waals surface area contributed by atoms with Crippen LogP contribution in [0.25, 0.3) is 5.57 Å². The lowest BCUT2D eigenvalue weighted by molar-refractivity contribution is 0.0703. The second-order valence-electron chi connectivity index (χ2n) is 5.00. The Morgan fingerprint density at radius 3 is 2.60 bits per heavy atom. The van der Waals surface area contributed by atoms with Crippen molar-refractivity contribution in [2.24, 2.45) is 5.84 Å². The number of hydrogen-bond donors (Lipinski definition) is 4. The minimum atomic E-state index is -3.92. The minimum Gasteiger partial charge on any atom is -0.477 e. The Morgan fingerprint density at radius 1 is 1.36 bits per heavy atom. The van der Waals surface area contributed by atoms with Gasteiger partial charge in [0.2, 0.25) is 0 Å². The maximum Gasteiger partial charge on any atom is 0.348 e. The number of allylic oxidation sites excluding steroid dienone is 2. The van der Waals surface area contributed by atoms with Crippen LogP contribution in [0.2, 0.25) is 0 Å². The van der Waals surface area contributed by atoms with E-state index in [-0.39, 0.29) is 15.5 Å². The van der Waals surface area contributed by atoms with Crippen LogP contribution in [0.1, 0.15) is 20.1 Å². The summed E-state index contributed by atoms with van der Waals surface area (Å²) in [6.07, 6.45) is 2.92. The van der Waals surface area contributed by atoms with Gasteiger partial charge in [-0.25, -0.2) is 13.2 Å². The van der Waals surface area contributed by atoms with E-state index in [0.717, 1.165) is 11.3 Å². The number of aromatic carboxylic acids is 1. The summed E-state index contributed by atoms with van der Waals surface area (Å²) in [6.45, 7) is 5.29. The number of thiophene rings is 1. The van der Waals surface area contributed by atoms with Crippen molar-refractivity contribution in [2.45, 2.75) is 11.8 Å². The number of benzene rings is 1. The highest BCUT2D eigenvalue weighted by molar-refractivity contribution is 7.92. The lowest BCUT2D eigenvalue weighted by atomic mass is 10.2. The highest BCUT2D eigenvalue weighted by atomic mass is 32.2. The molecule has 0 aliphatic heterocycles. The zero-order valence-electron chi connectivity index (χ0n) is 13.3. The molecule has 0 spiro atoms. The Morgan fingerprint density at radius 2 is 2.04 bits per heavy atom. The molecule has 9 heteroatoms. The molecule has 0 aliphatic carbocycles. The second kappa shape index (κ2) is 7.51. The van der Waals surface area contributed by atoms with E-state index in [2.05, 4.69) is 16.7 Å². The first-order valence-corrected chi connectivity index (χ1v) is 9.34. The number of carbonyl (C=O) groups is 1. The maximum atomic E-state index is 12.6. The molecular weight excluding hydrogens is 362 g/mol. The highest BCUT2D eigenvalue weighted by Gasteiger charge is 2.23. The lowest BCUT2D eigenvalue weighted by Gasteiger charge is -2.09. The number of carboxylic acid groups (broad SMARTS) is 1. The molecule has 0 saturated heterocycles. The first kappa shape index (κ1) is 18.7. The first-order valence-electron chi connectivity index (χ1n) is 7.05. The molecule has 7 nitrogen and oxygen atoms in total. The van der Waals surface area contributed by atoms with Gasteiger partial charge in [-0.3, -0.25) is 10.6 Å². The van der Waals surface area contributed by atoms with Crippen LogP contribution in [0.15, 0.2) is 54.1 Å². The molecule has 1 aromatic heterocycles. The van der Waals surface area contributed by atoms with Crippen LogP contribution in [0.3, 0.4) is 0 Å². The van der Waals surface area contributed by atoms with E-state index in [0.29, 0.717) is 16.0 Å². The smallest absolute Gasteiger partial charge is 0.348 e. The number of hydrogen-bond acceptors (Lipinski definition) is 6. The number of hydrazine groups is 1. The van der Waals surface area contributed by atoms with Crippen LogP contribution in [-0.2, 0) is 10.0 Å². The minimum absolute atomic E-state index is 0.0134. The summed E-state index contributed by atoms with van der Waals surface area (Å²) < 4.78 is 27.6. The van der Waals surface area contributed by atoms with Gasteiger partial charge in [-0.2, -0.15) is 0 Å². The Hall–Kier alpha value is -2.62. The normalized spacial score (nSPS) is 11.8. The van der Waals surface area contributed by atoms with Gasteiger partial charge in [-0.1, -0.05) is 30.9 Å². The molecule has 0 unspecified atom stereocenters. The van der Waals surface area contributed by atoms with Crippen molar-refractivity contribution in [3.63, 3.8) is 0 Å². The second-order valence-corrected chi connectivity index (χ2v) is 7.70. The van der Waals surface area contributed by atoms with Crippen LogP contribution in [0.5, 0.6) is 0 Å². The molecule has 132 valence electrons. The largest absolute Gasteiger partial charge is 0.477 e. The molecular formula is C16H17N3O4S2. The van der Waals surface area contributed by atoms with Gasteiger partial charge in [-0.05, 0) is 24.6 Å². The first-order chi connectivity index (χ1) is 11.8. The molecule has 0 aliphatic rings. The third-order valence-electron chi connectivity index (χ3n) is 3.30. The van der Waals surface area contributed by atoms with E-state index in [1.165, 1.54) is 24.4 Å². The Kier molecular flexibility index (Phi) is 5.62. The third kappa shape index (κ3) is 4.08. The highest BCUT2D eigenvalue weighted by Crippen LogP contribution is 2.34. The SMILES string of the molecule is C=C/C(=C\NN)c1cc(NS(=O)(=O)c2ccccc2C)c(C(=O)O)s1. The van der Waals surface area contributed by atoms with Gasteiger partial charge in [0.05, 0.1) is 10.6 Å². The molecule has 0 radical (unpaired) electrons. The molecule has 1 aromatic carbocycles. The van der Waals surface area contributed by atoms with E-state index in [4.69, 9.17) is 5.84 Å². The summed E-state index contributed by atoms with van der Waals surface area (Å²) in [6, 6.07) is 7.88. The number of aryl methyl sites for hydroxylation is 1. The number of anilines is 1. The number of rotatable bonds is 7. The summed E-state index contributed by atoms with van der Waals surface area (Å²) in [5.41, 5.74) is 3.43. The number of sulfonamides is 1. The molecule has 5 N–H and O–H groups in total. The van der Waals surface area contributed by atoms with Crippen molar-refractivity contribution in [1.29, 1.82) is 0 Å².